The van der Waals surface area contributed by atoms with Gasteiger partial charge in [-0.1, -0.05) is 18.2 Å². The first-order chi connectivity index (χ1) is 16.5. The number of thiophene rings is 1. The minimum atomic E-state index is -0.421. The summed E-state index contributed by atoms with van der Waals surface area (Å²) in [5.74, 6) is 0.419. The molecule has 2 aliphatic heterocycles. The molecule has 4 heterocycles. The van der Waals surface area contributed by atoms with E-state index >= 15 is 0 Å². The molecule has 0 radical (unpaired) electrons. The van der Waals surface area contributed by atoms with Gasteiger partial charge in [0.15, 0.2) is 5.84 Å². The molecule has 9 heteroatoms. The van der Waals surface area contributed by atoms with Gasteiger partial charge in [0, 0.05) is 22.7 Å². The van der Waals surface area contributed by atoms with Gasteiger partial charge in [-0.15, -0.1) is 11.3 Å². The number of para-hydroxylation sites is 2. The van der Waals surface area contributed by atoms with Crippen molar-refractivity contribution in [3.8, 4) is 11.4 Å². The van der Waals surface area contributed by atoms with Gasteiger partial charge >= 0.3 is 0 Å². The molecule has 0 saturated carbocycles. The second kappa shape index (κ2) is 9.08. The molecule has 3 aromatic rings. The lowest BCUT2D eigenvalue weighted by Gasteiger charge is -2.20. The molecule has 7 nitrogen and oxygen atoms in total. The zero-order valence-electron chi connectivity index (χ0n) is 19.0. The number of rotatable bonds is 6. The van der Waals surface area contributed by atoms with Gasteiger partial charge in [-0.3, -0.25) is 10.2 Å². The second-order valence-electron chi connectivity index (χ2n) is 7.83. The van der Waals surface area contributed by atoms with Gasteiger partial charge in [-0.25, -0.2) is 0 Å². The molecule has 172 valence electrons. The zero-order chi connectivity index (χ0) is 23.8. The molecule has 5 rings (SSSR count). The quantitative estimate of drug-likeness (QED) is 0.469. The molecule has 0 bridgehead atoms. The van der Waals surface area contributed by atoms with Crippen molar-refractivity contribution in [2.45, 2.75) is 27.2 Å². The lowest BCUT2D eigenvalue weighted by Crippen LogP contribution is -2.35. The Bertz CT molecular complexity index is 1380. The summed E-state index contributed by atoms with van der Waals surface area (Å²) in [6, 6.07) is 13.9. The van der Waals surface area contributed by atoms with Crippen molar-refractivity contribution in [2.24, 2.45) is 10.1 Å². The minimum Gasteiger partial charge on any atom is -0.492 e. The topological polar surface area (TPSA) is 83.0 Å². The fraction of sp³-hybridized carbons (Fsp3) is 0.200. The molecule has 2 aliphatic rings. The van der Waals surface area contributed by atoms with Gasteiger partial charge in [0.1, 0.15) is 10.8 Å². The van der Waals surface area contributed by atoms with E-state index in [0.29, 0.717) is 18.2 Å². The highest BCUT2D eigenvalue weighted by Crippen LogP contribution is 2.32. The average Bonchev–Trinajstić information content (AvgIpc) is 3.53. The number of hydrogen-bond donors (Lipinski definition) is 1. The number of aryl methyl sites for hydroxylation is 1. The van der Waals surface area contributed by atoms with Gasteiger partial charge in [0.25, 0.3) is 5.91 Å². The summed E-state index contributed by atoms with van der Waals surface area (Å²) in [4.78, 5) is 18.3. The summed E-state index contributed by atoms with van der Waals surface area (Å²) in [5.41, 5.74) is 3.97. The Morgan fingerprint density at radius 3 is 2.76 bits per heavy atom. The van der Waals surface area contributed by atoms with Crippen molar-refractivity contribution < 1.29 is 9.53 Å². The van der Waals surface area contributed by atoms with Crippen LogP contribution in [0.5, 0.6) is 5.75 Å². The lowest BCUT2D eigenvalue weighted by molar-refractivity contribution is -0.114. The molecule has 34 heavy (non-hydrogen) atoms. The molecule has 1 N–H and O–H groups in total. The van der Waals surface area contributed by atoms with E-state index in [1.165, 1.54) is 21.6 Å². The lowest BCUT2D eigenvalue weighted by atomic mass is 10.1. The highest BCUT2D eigenvalue weighted by atomic mass is 32.2. The monoisotopic (exact) mass is 489 g/mol. The number of amidine groups is 2. The van der Waals surface area contributed by atoms with E-state index in [1.54, 1.807) is 17.4 Å². The zero-order valence-corrected chi connectivity index (χ0v) is 20.7. The first kappa shape index (κ1) is 22.4. The van der Waals surface area contributed by atoms with Crippen LogP contribution in [0.3, 0.4) is 0 Å². The van der Waals surface area contributed by atoms with Crippen LogP contribution in [0.15, 0.2) is 63.5 Å². The van der Waals surface area contributed by atoms with Crippen LogP contribution >= 0.6 is 23.1 Å². The first-order valence-electron chi connectivity index (χ1n) is 10.9. The van der Waals surface area contributed by atoms with E-state index in [0.717, 1.165) is 33.4 Å². The standard InChI is InChI=1S/C25H23N5O2S2/c1-4-32-21-10-6-5-9-20(21)29-15(2)12-17(16(29)3)13-19-23(26)30-25(27-24(19)31)34-22(28-30)14-18-8-7-11-33-18/h5-13,26H,4,14H2,1-3H3/b19-13+,26-23?. The maximum Gasteiger partial charge on any atom is 0.283 e. The number of aliphatic imine (C=N–C) groups is 1. The van der Waals surface area contributed by atoms with Crippen LogP contribution in [-0.4, -0.2) is 38.1 Å². The summed E-state index contributed by atoms with van der Waals surface area (Å²) in [6.07, 6.45) is 2.41. The fourth-order valence-corrected chi connectivity index (χ4v) is 5.75. The highest BCUT2D eigenvalue weighted by molar-refractivity contribution is 8.27. The number of carbonyl (C=O) groups is 1. The predicted octanol–water partition coefficient (Wildman–Crippen LogP) is 5.42. The van der Waals surface area contributed by atoms with Gasteiger partial charge < -0.3 is 9.30 Å². The van der Waals surface area contributed by atoms with Crippen molar-refractivity contribution in [1.29, 1.82) is 5.41 Å². The Balaban J connectivity index is 1.48. The Kier molecular flexibility index (Phi) is 5.97. The average molecular weight is 490 g/mol. The SMILES string of the molecule is CCOc1ccccc1-n1c(C)cc(/C=C2\C(=N)N3N=C(Cc4cccs4)SC3=NC2=O)c1C. The third-order valence-corrected chi connectivity index (χ3v) is 7.36. The molecule has 0 aliphatic carbocycles. The van der Waals surface area contributed by atoms with E-state index in [9.17, 15) is 4.79 Å². The van der Waals surface area contributed by atoms with Crippen molar-refractivity contribution in [3.63, 3.8) is 0 Å². The molecular weight excluding hydrogens is 466 g/mol. The summed E-state index contributed by atoms with van der Waals surface area (Å²) in [5, 5.41) is 18.0. The van der Waals surface area contributed by atoms with Crippen LogP contribution in [0.1, 0.15) is 28.8 Å². The summed E-state index contributed by atoms with van der Waals surface area (Å²) in [7, 11) is 0. The maximum absolute atomic E-state index is 12.9. The number of nitrogens with one attached hydrogen (secondary N) is 1. The van der Waals surface area contributed by atoms with Crippen molar-refractivity contribution >= 4 is 51.1 Å². The molecule has 1 aromatic carbocycles. The second-order valence-corrected chi connectivity index (χ2v) is 9.91. The molecule has 0 unspecified atom stereocenters. The number of amides is 1. The van der Waals surface area contributed by atoms with Gasteiger partial charge in [-0.05, 0) is 73.8 Å². The van der Waals surface area contributed by atoms with Gasteiger partial charge in [0.2, 0.25) is 5.17 Å². The normalized spacial score (nSPS) is 16.7. The summed E-state index contributed by atoms with van der Waals surface area (Å²) < 4.78 is 7.93. The number of fused-ring (bicyclic) bond motifs is 1. The number of hydrazone groups is 1. The highest BCUT2D eigenvalue weighted by Gasteiger charge is 2.35. The molecule has 1 amide bonds. The fourth-order valence-electron chi connectivity index (χ4n) is 4.04. The molecule has 2 aromatic heterocycles. The summed E-state index contributed by atoms with van der Waals surface area (Å²) >= 11 is 3.01. The van der Waals surface area contributed by atoms with Crippen molar-refractivity contribution in [3.05, 3.63) is 75.2 Å². The number of aromatic nitrogens is 1. The van der Waals surface area contributed by atoms with Crippen LogP contribution in [0, 0.1) is 19.3 Å². The Morgan fingerprint density at radius 2 is 2.00 bits per heavy atom. The molecule has 0 fully saturated rings. The third kappa shape index (κ3) is 4.01. The number of ether oxygens (including phenoxy) is 1. The number of benzene rings is 1. The molecular formula is C25H23N5O2S2. The molecule has 0 spiro atoms. The van der Waals surface area contributed by atoms with Crippen LogP contribution in [-0.2, 0) is 11.2 Å². The van der Waals surface area contributed by atoms with Crippen LogP contribution in [0.25, 0.3) is 11.8 Å². The van der Waals surface area contributed by atoms with Crippen LogP contribution in [0.4, 0.5) is 0 Å². The number of carbonyl (C=O) groups excluding carboxylic acids is 1. The number of thioether (sulfide) groups is 1. The number of hydrogen-bond acceptors (Lipinski definition) is 6. The Morgan fingerprint density at radius 1 is 1.18 bits per heavy atom. The molecule has 0 atom stereocenters. The van der Waals surface area contributed by atoms with Crippen LogP contribution < -0.4 is 4.74 Å². The first-order valence-corrected chi connectivity index (χ1v) is 12.6. The number of nitrogens with zero attached hydrogens (tertiary/aromatic N) is 4. The van der Waals surface area contributed by atoms with Crippen molar-refractivity contribution in [1.82, 2.24) is 9.58 Å². The van der Waals surface area contributed by atoms with Gasteiger partial charge in [0.05, 0.1) is 17.9 Å². The maximum atomic E-state index is 12.9. The third-order valence-electron chi connectivity index (χ3n) is 5.58. The van der Waals surface area contributed by atoms with E-state index in [-0.39, 0.29) is 11.4 Å². The van der Waals surface area contributed by atoms with E-state index in [1.807, 2.05) is 68.6 Å². The smallest absolute Gasteiger partial charge is 0.283 e. The van der Waals surface area contributed by atoms with Gasteiger partial charge in [-0.2, -0.15) is 15.1 Å². The van der Waals surface area contributed by atoms with E-state index in [2.05, 4.69) is 14.7 Å². The largest absolute Gasteiger partial charge is 0.492 e. The minimum absolute atomic E-state index is 0.0446. The molecule has 0 saturated heterocycles. The predicted molar refractivity (Wildman–Crippen MR) is 139 cm³/mol. The van der Waals surface area contributed by atoms with E-state index in [4.69, 9.17) is 10.1 Å². The summed E-state index contributed by atoms with van der Waals surface area (Å²) in [6.45, 7) is 6.54. The van der Waals surface area contributed by atoms with E-state index < -0.39 is 5.91 Å². The van der Waals surface area contributed by atoms with Crippen LogP contribution in [0.2, 0.25) is 0 Å². The Labute approximate surface area is 206 Å². The Hall–Kier alpha value is -3.43. The van der Waals surface area contributed by atoms with Crippen molar-refractivity contribution in [2.75, 3.05) is 6.61 Å².